The number of nitrogens with one attached hydrogen (secondary N) is 2. The van der Waals surface area contributed by atoms with E-state index in [1.165, 1.54) is 12.1 Å². The number of aromatic amines is 1. The maximum Gasteiger partial charge on any atom is 0.269 e. The van der Waals surface area contributed by atoms with Crippen LogP contribution in [0, 0.1) is 24.0 Å². The number of aryl methyl sites for hydroxylation is 2. The molecule has 0 spiro atoms. The lowest BCUT2D eigenvalue weighted by Gasteiger charge is -2.01. The molecule has 1 aromatic carbocycles. The molecule has 2 rings (SSSR count). The number of aromatic nitrogens is 2. The van der Waals surface area contributed by atoms with E-state index in [9.17, 15) is 10.1 Å². The Morgan fingerprint density at radius 1 is 1.29 bits per heavy atom. The van der Waals surface area contributed by atoms with Gasteiger partial charge < -0.3 is 10.3 Å². The van der Waals surface area contributed by atoms with Crippen molar-refractivity contribution in [3.05, 3.63) is 45.8 Å². The maximum absolute atomic E-state index is 10.5. The summed E-state index contributed by atoms with van der Waals surface area (Å²) in [4.78, 5) is 17.4. The van der Waals surface area contributed by atoms with Gasteiger partial charge in [0.1, 0.15) is 0 Å². The number of rotatable bonds is 3. The molecule has 0 saturated heterocycles. The van der Waals surface area contributed by atoms with E-state index in [4.69, 9.17) is 0 Å². The Kier molecular flexibility index (Phi) is 2.78. The van der Waals surface area contributed by atoms with E-state index < -0.39 is 4.92 Å². The molecule has 6 heteroatoms. The summed E-state index contributed by atoms with van der Waals surface area (Å²) < 4.78 is 0. The molecule has 0 aliphatic rings. The predicted molar refractivity (Wildman–Crippen MR) is 64.4 cm³/mol. The van der Waals surface area contributed by atoms with Gasteiger partial charge in [-0.3, -0.25) is 10.1 Å². The van der Waals surface area contributed by atoms with Gasteiger partial charge in [0, 0.05) is 23.5 Å². The topological polar surface area (TPSA) is 83.8 Å². The third-order valence-electron chi connectivity index (χ3n) is 2.47. The number of anilines is 2. The fraction of sp³-hybridized carbons (Fsp3) is 0.182. The number of nitro benzene ring substituents is 1. The first-order valence-corrected chi connectivity index (χ1v) is 5.11. The predicted octanol–water partition coefficient (Wildman–Crippen LogP) is 2.68. The van der Waals surface area contributed by atoms with Gasteiger partial charge in [0.2, 0.25) is 5.95 Å². The van der Waals surface area contributed by atoms with Gasteiger partial charge in [0.25, 0.3) is 5.69 Å². The lowest BCUT2D eigenvalue weighted by molar-refractivity contribution is -0.384. The number of hydrogen-bond donors (Lipinski definition) is 2. The van der Waals surface area contributed by atoms with Gasteiger partial charge in [-0.05, 0) is 26.0 Å². The summed E-state index contributed by atoms with van der Waals surface area (Å²) in [5.74, 6) is 0.633. The van der Waals surface area contributed by atoms with Gasteiger partial charge in [-0.25, -0.2) is 4.98 Å². The van der Waals surface area contributed by atoms with Crippen molar-refractivity contribution in [3.63, 3.8) is 0 Å². The van der Waals surface area contributed by atoms with E-state index >= 15 is 0 Å². The summed E-state index contributed by atoms with van der Waals surface area (Å²) in [6, 6.07) is 6.19. The number of H-pyrrole nitrogens is 1. The molecule has 0 bridgehead atoms. The minimum Gasteiger partial charge on any atom is -0.328 e. The summed E-state index contributed by atoms with van der Waals surface area (Å²) >= 11 is 0. The lowest BCUT2D eigenvalue weighted by atomic mass is 10.3. The molecule has 0 aliphatic carbocycles. The monoisotopic (exact) mass is 232 g/mol. The molecule has 1 heterocycles. The molecule has 88 valence electrons. The SMILES string of the molecule is Cc1nc(Nc2ccc([N+](=O)[O-])cc2)[nH]c1C. The van der Waals surface area contributed by atoms with Crippen LogP contribution in [0.25, 0.3) is 0 Å². The minimum atomic E-state index is -0.426. The zero-order chi connectivity index (χ0) is 12.4. The van der Waals surface area contributed by atoms with Crippen LogP contribution in [0.1, 0.15) is 11.4 Å². The number of hydrogen-bond acceptors (Lipinski definition) is 4. The average molecular weight is 232 g/mol. The highest BCUT2D eigenvalue weighted by Crippen LogP contribution is 2.18. The maximum atomic E-state index is 10.5. The van der Waals surface area contributed by atoms with Crippen molar-refractivity contribution in [2.75, 3.05) is 5.32 Å². The first-order chi connectivity index (χ1) is 8.06. The van der Waals surface area contributed by atoms with E-state index in [0.29, 0.717) is 5.95 Å². The van der Waals surface area contributed by atoms with Crippen LogP contribution in [0.2, 0.25) is 0 Å². The minimum absolute atomic E-state index is 0.0716. The quantitative estimate of drug-likeness (QED) is 0.629. The molecule has 0 radical (unpaired) electrons. The van der Waals surface area contributed by atoms with Crippen molar-refractivity contribution >= 4 is 17.3 Å². The highest BCUT2D eigenvalue weighted by atomic mass is 16.6. The van der Waals surface area contributed by atoms with Crippen LogP contribution in [-0.4, -0.2) is 14.9 Å². The molecule has 2 N–H and O–H groups in total. The van der Waals surface area contributed by atoms with Crippen LogP contribution >= 0.6 is 0 Å². The molecule has 0 atom stereocenters. The van der Waals surface area contributed by atoms with Crippen molar-refractivity contribution in [1.29, 1.82) is 0 Å². The largest absolute Gasteiger partial charge is 0.328 e. The second-order valence-corrected chi connectivity index (χ2v) is 3.72. The highest BCUT2D eigenvalue weighted by molar-refractivity contribution is 5.56. The van der Waals surface area contributed by atoms with Gasteiger partial charge in [-0.1, -0.05) is 0 Å². The van der Waals surface area contributed by atoms with E-state index in [0.717, 1.165) is 17.1 Å². The standard InChI is InChI=1S/C11H12N4O2/c1-7-8(2)13-11(12-7)14-9-3-5-10(6-4-9)15(16)17/h3-6H,1-2H3,(H2,12,13,14). The third-order valence-corrected chi connectivity index (χ3v) is 2.47. The van der Waals surface area contributed by atoms with Crippen LogP contribution in [0.5, 0.6) is 0 Å². The smallest absolute Gasteiger partial charge is 0.269 e. The Morgan fingerprint density at radius 3 is 2.41 bits per heavy atom. The summed E-state index contributed by atoms with van der Waals surface area (Å²) in [6.07, 6.45) is 0. The second-order valence-electron chi connectivity index (χ2n) is 3.72. The van der Waals surface area contributed by atoms with Gasteiger partial charge in [0.05, 0.1) is 10.6 Å². The molecule has 0 amide bonds. The first-order valence-electron chi connectivity index (χ1n) is 5.11. The number of non-ortho nitro benzene ring substituents is 1. The van der Waals surface area contributed by atoms with Crippen molar-refractivity contribution in [3.8, 4) is 0 Å². The highest BCUT2D eigenvalue weighted by Gasteiger charge is 2.05. The molecular weight excluding hydrogens is 220 g/mol. The molecule has 0 aliphatic heterocycles. The van der Waals surface area contributed by atoms with Gasteiger partial charge in [-0.2, -0.15) is 0 Å². The van der Waals surface area contributed by atoms with E-state index in [1.54, 1.807) is 12.1 Å². The first kappa shape index (κ1) is 11.1. The number of nitrogens with zero attached hydrogens (tertiary/aromatic N) is 2. The van der Waals surface area contributed by atoms with Crippen LogP contribution in [-0.2, 0) is 0 Å². The van der Waals surface area contributed by atoms with Crippen molar-refractivity contribution in [2.24, 2.45) is 0 Å². The Hall–Kier alpha value is -2.37. The fourth-order valence-electron chi connectivity index (χ4n) is 1.41. The Bertz CT molecular complexity index is 526. The molecule has 1 aromatic heterocycles. The Labute approximate surface area is 97.9 Å². The molecule has 0 saturated carbocycles. The second kappa shape index (κ2) is 4.25. The van der Waals surface area contributed by atoms with Gasteiger partial charge >= 0.3 is 0 Å². The summed E-state index contributed by atoms with van der Waals surface area (Å²) in [7, 11) is 0. The van der Waals surface area contributed by atoms with Crippen LogP contribution in [0.4, 0.5) is 17.3 Å². The summed E-state index contributed by atoms with van der Waals surface area (Å²) in [5, 5.41) is 13.5. The molecule has 0 unspecified atom stereocenters. The number of imidazole rings is 1. The Morgan fingerprint density at radius 2 is 1.94 bits per heavy atom. The zero-order valence-electron chi connectivity index (χ0n) is 9.52. The third kappa shape index (κ3) is 2.41. The summed E-state index contributed by atoms with van der Waals surface area (Å²) in [5.41, 5.74) is 2.75. The van der Waals surface area contributed by atoms with Gasteiger partial charge in [0.15, 0.2) is 0 Å². The zero-order valence-corrected chi connectivity index (χ0v) is 9.52. The Balaban J connectivity index is 2.16. The molecule has 6 nitrogen and oxygen atoms in total. The van der Waals surface area contributed by atoms with E-state index in [-0.39, 0.29) is 5.69 Å². The van der Waals surface area contributed by atoms with Crippen LogP contribution < -0.4 is 5.32 Å². The number of nitro groups is 1. The summed E-state index contributed by atoms with van der Waals surface area (Å²) in [6.45, 7) is 3.84. The van der Waals surface area contributed by atoms with E-state index in [1.807, 2.05) is 13.8 Å². The molecule has 2 aromatic rings. The number of benzene rings is 1. The van der Waals surface area contributed by atoms with Gasteiger partial charge in [-0.15, -0.1) is 0 Å². The van der Waals surface area contributed by atoms with Crippen LogP contribution in [0.15, 0.2) is 24.3 Å². The van der Waals surface area contributed by atoms with Crippen molar-refractivity contribution in [2.45, 2.75) is 13.8 Å². The van der Waals surface area contributed by atoms with Crippen LogP contribution in [0.3, 0.4) is 0 Å². The molecule has 17 heavy (non-hydrogen) atoms. The molecular formula is C11H12N4O2. The van der Waals surface area contributed by atoms with Crippen molar-refractivity contribution in [1.82, 2.24) is 9.97 Å². The lowest BCUT2D eigenvalue weighted by Crippen LogP contribution is -1.93. The average Bonchev–Trinajstić information content (AvgIpc) is 2.58. The normalized spacial score (nSPS) is 10.2. The fourth-order valence-corrected chi connectivity index (χ4v) is 1.41. The van der Waals surface area contributed by atoms with Crippen molar-refractivity contribution < 1.29 is 4.92 Å². The van der Waals surface area contributed by atoms with E-state index in [2.05, 4.69) is 15.3 Å². The molecule has 0 fully saturated rings.